The maximum atomic E-state index is 12.3. The summed E-state index contributed by atoms with van der Waals surface area (Å²) >= 11 is 0. The molecule has 3 aliphatic rings. The Balaban J connectivity index is 1.74. The Labute approximate surface area is 152 Å². The zero-order valence-corrected chi connectivity index (χ0v) is 15.1. The Morgan fingerprint density at radius 1 is 1.42 bits per heavy atom. The third-order valence-corrected chi connectivity index (χ3v) is 5.81. The van der Waals surface area contributed by atoms with Gasteiger partial charge in [0.05, 0.1) is 18.1 Å². The van der Waals surface area contributed by atoms with Crippen molar-refractivity contribution in [1.29, 1.82) is 0 Å². The van der Waals surface area contributed by atoms with E-state index in [1.54, 1.807) is 6.92 Å². The molecule has 0 spiro atoms. The van der Waals surface area contributed by atoms with Crippen molar-refractivity contribution in [1.82, 2.24) is 9.80 Å². The summed E-state index contributed by atoms with van der Waals surface area (Å²) in [5.74, 6) is -1.57. The molecule has 26 heavy (non-hydrogen) atoms. The molecule has 0 bridgehead atoms. The second-order valence-electron chi connectivity index (χ2n) is 7.59. The summed E-state index contributed by atoms with van der Waals surface area (Å²) in [7, 11) is 0. The Hall–Kier alpha value is -2.13. The van der Waals surface area contributed by atoms with Gasteiger partial charge in [-0.25, -0.2) is 4.79 Å². The van der Waals surface area contributed by atoms with Gasteiger partial charge in [0.15, 0.2) is 5.96 Å². The largest absolute Gasteiger partial charge is 0.477 e. The summed E-state index contributed by atoms with van der Waals surface area (Å²) in [6.07, 6.45) is 0.166. The van der Waals surface area contributed by atoms with Gasteiger partial charge in [0.25, 0.3) is 0 Å². The number of aliphatic hydroxyl groups is 1. The summed E-state index contributed by atoms with van der Waals surface area (Å²) in [5.41, 5.74) is 11.6. The van der Waals surface area contributed by atoms with Gasteiger partial charge in [-0.1, -0.05) is 6.92 Å². The number of carboxylic acids is 1. The number of carbonyl (C=O) groups excluding carboxylic acids is 1. The number of amides is 1. The first kappa shape index (κ1) is 18.7. The molecule has 0 aliphatic carbocycles. The molecule has 0 aromatic heterocycles. The van der Waals surface area contributed by atoms with Gasteiger partial charge in [-0.3, -0.25) is 14.7 Å². The summed E-state index contributed by atoms with van der Waals surface area (Å²) in [5, 5.41) is 19.5. The number of aliphatic carboxylic acids is 1. The molecule has 9 nitrogen and oxygen atoms in total. The van der Waals surface area contributed by atoms with E-state index in [-0.39, 0.29) is 29.5 Å². The number of likely N-dealkylation sites (tertiary alicyclic amines) is 1. The first-order chi connectivity index (χ1) is 12.2. The van der Waals surface area contributed by atoms with Crippen LogP contribution in [-0.2, 0) is 9.59 Å². The van der Waals surface area contributed by atoms with Crippen LogP contribution in [0.15, 0.2) is 16.3 Å². The summed E-state index contributed by atoms with van der Waals surface area (Å²) in [4.78, 5) is 31.8. The molecule has 144 valence electrons. The van der Waals surface area contributed by atoms with E-state index in [9.17, 15) is 19.8 Å². The second kappa shape index (κ2) is 6.88. The Kier molecular flexibility index (Phi) is 4.94. The lowest BCUT2D eigenvalue weighted by Gasteiger charge is -2.46. The van der Waals surface area contributed by atoms with Crippen molar-refractivity contribution in [2.75, 3.05) is 26.2 Å². The molecule has 2 fully saturated rings. The molecule has 0 saturated carbocycles. The zero-order chi connectivity index (χ0) is 19.2. The number of hydrogen-bond acceptors (Lipinski definition) is 5. The van der Waals surface area contributed by atoms with Crippen LogP contribution in [0.5, 0.6) is 0 Å². The van der Waals surface area contributed by atoms with Gasteiger partial charge >= 0.3 is 5.97 Å². The van der Waals surface area contributed by atoms with Crippen LogP contribution in [0.3, 0.4) is 0 Å². The Morgan fingerprint density at radius 3 is 2.69 bits per heavy atom. The number of rotatable bonds is 6. The van der Waals surface area contributed by atoms with E-state index in [0.29, 0.717) is 19.0 Å². The fourth-order valence-corrected chi connectivity index (χ4v) is 4.53. The van der Waals surface area contributed by atoms with Gasteiger partial charge in [0.1, 0.15) is 5.70 Å². The van der Waals surface area contributed by atoms with E-state index in [1.807, 2.05) is 6.92 Å². The maximum absolute atomic E-state index is 12.3. The number of nitrogens with two attached hydrogens (primary N) is 2. The standard InChI is InChI=1S/C17H27N5O4/c1-8-11(7-21-4-3-10(6-21)5-20-17(18)19)14(16(25)26)22-13(8)12(9(2)23)15(22)24/h8-10,12-13,23H,3-7H2,1-2H3,(H,25,26)(H4,18,19,20). The molecule has 5 unspecified atom stereocenters. The number of carboxylic acid groups (broad SMARTS) is 1. The van der Waals surface area contributed by atoms with Crippen LogP contribution in [-0.4, -0.2) is 76.2 Å². The van der Waals surface area contributed by atoms with Gasteiger partial charge in [-0.05, 0) is 31.4 Å². The third kappa shape index (κ3) is 3.05. The molecule has 1 amide bonds. The summed E-state index contributed by atoms with van der Waals surface area (Å²) < 4.78 is 0. The second-order valence-corrected chi connectivity index (χ2v) is 7.59. The SMILES string of the molecule is CC(O)C1C(=O)N2C(C(=O)O)=C(CN3CCC(CN=C(N)N)C3)C(C)C12. The molecule has 9 heteroatoms. The van der Waals surface area contributed by atoms with Crippen LogP contribution in [0, 0.1) is 17.8 Å². The molecule has 3 heterocycles. The van der Waals surface area contributed by atoms with Crippen molar-refractivity contribution < 1.29 is 19.8 Å². The molecular weight excluding hydrogens is 338 g/mol. The summed E-state index contributed by atoms with van der Waals surface area (Å²) in [6, 6.07) is -0.261. The van der Waals surface area contributed by atoms with Crippen molar-refractivity contribution in [3.05, 3.63) is 11.3 Å². The van der Waals surface area contributed by atoms with Crippen LogP contribution in [0.2, 0.25) is 0 Å². The van der Waals surface area contributed by atoms with Gasteiger partial charge in [-0.15, -0.1) is 0 Å². The van der Waals surface area contributed by atoms with Crippen molar-refractivity contribution in [2.45, 2.75) is 32.4 Å². The number of hydrogen-bond donors (Lipinski definition) is 4. The number of guanidine groups is 1. The van der Waals surface area contributed by atoms with Gasteiger partial charge in [-0.2, -0.15) is 0 Å². The minimum Gasteiger partial charge on any atom is -0.477 e. The quantitative estimate of drug-likeness (QED) is 0.262. The fourth-order valence-electron chi connectivity index (χ4n) is 4.53. The molecule has 5 atom stereocenters. The van der Waals surface area contributed by atoms with Gasteiger partial charge in [0, 0.05) is 25.6 Å². The highest BCUT2D eigenvalue weighted by atomic mass is 16.4. The first-order valence-corrected chi connectivity index (χ1v) is 8.97. The normalized spacial score (nSPS) is 32.4. The minimum absolute atomic E-state index is 0.0794. The van der Waals surface area contributed by atoms with Crippen LogP contribution < -0.4 is 11.5 Å². The Bertz CT molecular complexity index is 670. The number of β-lactam (4-membered cyclic amide) rings is 1. The average Bonchev–Trinajstić information content (AvgIpc) is 3.08. The topological polar surface area (TPSA) is 145 Å². The molecule has 3 aliphatic heterocycles. The lowest BCUT2D eigenvalue weighted by Crippen LogP contribution is -2.63. The van der Waals surface area contributed by atoms with Gasteiger partial charge < -0.3 is 26.6 Å². The lowest BCUT2D eigenvalue weighted by molar-refractivity contribution is -0.163. The lowest BCUT2D eigenvalue weighted by atomic mass is 9.77. The van der Waals surface area contributed by atoms with E-state index in [0.717, 1.165) is 25.1 Å². The number of aliphatic hydroxyl groups excluding tert-OH is 1. The highest BCUT2D eigenvalue weighted by Gasteiger charge is 2.59. The molecular formula is C17H27N5O4. The van der Waals surface area contributed by atoms with Gasteiger partial charge in [0.2, 0.25) is 5.91 Å². The molecule has 6 N–H and O–H groups in total. The Morgan fingerprint density at radius 2 is 2.12 bits per heavy atom. The molecule has 3 rings (SSSR count). The highest BCUT2D eigenvalue weighted by Crippen LogP contribution is 2.47. The molecule has 0 radical (unpaired) electrons. The van der Waals surface area contributed by atoms with E-state index in [2.05, 4.69) is 9.89 Å². The highest BCUT2D eigenvalue weighted by molar-refractivity contribution is 6.00. The zero-order valence-electron chi connectivity index (χ0n) is 15.1. The monoisotopic (exact) mass is 365 g/mol. The number of aliphatic imine (C=N–C) groups is 1. The first-order valence-electron chi connectivity index (χ1n) is 8.97. The van der Waals surface area contributed by atoms with Crippen molar-refractivity contribution in [3.8, 4) is 0 Å². The predicted octanol–water partition coefficient (Wildman–Crippen LogP) is -1.22. The maximum Gasteiger partial charge on any atom is 0.352 e. The third-order valence-electron chi connectivity index (χ3n) is 5.81. The van der Waals surface area contributed by atoms with Crippen molar-refractivity contribution in [2.24, 2.45) is 34.2 Å². The van der Waals surface area contributed by atoms with E-state index >= 15 is 0 Å². The molecule has 2 saturated heterocycles. The molecule has 0 aromatic carbocycles. The van der Waals surface area contributed by atoms with E-state index in [1.165, 1.54) is 4.90 Å². The molecule has 0 aromatic rings. The van der Waals surface area contributed by atoms with Crippen LogP contribution >= 0.6 is 0 Å². The average molecular weight is 365 g/mol. The smallest absolute Gasteiger partial charge is 0.352 e. The minimum atomic E-state index is -1.08. The van der Waals surface area contributed by atoms with Crippen molar-refractivity contribution in [3.63, 3.8) is 0 Å². The van der Waals surface area contributed by atoms with Crippen LogP contribution in [0.25, 0.3) is 0 Å². The van der Waals surface area contributed by atoms with E-state index in [4.69, 9.17) is 11.5 Å². The van der Waals surface area contributed by atoms with Crippen molar-refractivity contribution >= 4 is 17.8 Å². The van der Waals surface area contributed by atoms with Crippen LogP contribution in [0.1, 0.15) is 20.3 Å². The number of fused-ring (bicyclic) bond motifs is 1. The predicted molar refractivity (Wildman–Crippen MR) is 94.9 cm³/mol. The number of nitrogens with zero attached hydrogens (tertiary/aromatic N) is 3. The fraction of sp³-hybridized carbons (Fsp3) is 0.706. The van der Waals surface area contributed by atoms with E-state index < -0.39 is 18.0 Å². The van der Waals surface area contributed by atoms with Crippen LogP contribution in [0.4, 0.5) is 0 Å². The summed E-state index contributed by atoms with van der Waals surface area (Å²) in [6.45, 7) is 6.23. The number of carbonyl (C=O) groups is 2.